The average molecular weight is 219 g/mol. The summed E-state index contributed by atoms with van der Waals surface area (Å²) in [6, 6.07) is 1.17. The Labute approximate surface area is 85.7 Å². The molecule has 1 aromatic heterocycles. The van der Waals surface area contributed by atoms with Crippen molar-refractivity contribution in [1.82, 2.24) is 15.3 Å². The molecule has 1 atom stereocenters. The van der Waals surface area contributed by atoms with Gasteiger partial charge in [0.25, 0.3) is 0 Å². The van der Waals surface area contributed by atoms with Crippen LogP contribution >= 0.6 is 0 Å². The smallest absolute Gasteiger partial charge is 0.310 e. The van der Waals surface area contributed by atoms with Crippen molar-refractivity contribution in [2.75, 3.05) is 7.05 Å². The zero-order chi connectivity index (χ0) is 11.3. The lowest BCUT2D eigenvalue weighted by molar-refractivity contribution is -0.136. The van der Waals surface area contributed by atoms with Crippen molar-refractivity contribution in [3.63, 3.8) is 0 Å². The van der Waals surface area contributed by atoms with Gasteiger partial charge in [0.15, 0.2) is 0 Å². The van der Waals surface area contributed by atoms with Crippen LogP contribution in [0.3, 0.4) is 0 Å². The van der Waals surface area contributed by atoms with E-state index in [9.17, 15) is 13.2 Å². The largest absolute Gasteiger partial charge is 0.389 e. The predicted octanol–water partition coefficient (Wildman–Crippen LogP) is 2.08. The van der Waals surface area contributed by atoms with Crippen LogP contribution in [0.5, 0.6) is 0 Å². The minimum atomic E-state index is -4.14. The number of nitrogens with one attached hydrogen (secondary N) is 1. The maximum atomic E-state index is 12.0. The normalized spacial score (nSPS) is 13.9. The van der Waals surface area contributed by atoms with Crippen LogP contribution in [0.15, 0.2) is 18.5 Å². The highest BCUT2D eigenvalue weighted by Crippen LogP contribution is 2.25. The van der Waals surface area contributed by atoms with Crippen molar-refractivity contribution in [3.8, 4) is 0 Å². The molecule has 0 fully saturated rings. The summed E-state index contributed by atoms with van der Waals surface area (Å²) in [7, 11) is 1.59. The van der Waals surface area contributed by atoms with Crippen molar-refractivity contribution in [1.29, 1.82) is 0 Å². The summed E-state index contributed by atoms with van der Waals surface area (Å²) in [6.45, 7) is 0. The van der Waals surface area contributed by atoms with Crippen LogP contribution in [-0.4, -0.2) is 23.2 Å². The fourth-order valence-corrected chi connectivity index (χ4v) is 1.20. The van der Waals surface area contributed by atoms with Gasteiger partial charge in [0.05, 0.1) is 6.04 Å². The lowest BCUT2D eigenvalue weighted by Crippen LogP contribution is -2.21. The van der Waals surface area contributed by atoms with Crippen LogP contribution in [0.2, 0.25) is 0 Å². The fraction of sp³-hybridized carbons (Fsp3) is 0.556. The summed E-state index contributed by atoms with van der Waals surface area (Å²) in [4.78, 5) is 7.82. The van der Waals surface area contributed by atoms with Gasteiger partial charge in [-0.25, -0.2) is 9.97 Å². The van der Waals surface area contributed by atoms with Gasteiger partial charge in [0, 0.05) is 18.8 Å². The van der Waals surface area contributed by atoms with E-state index in [2.05, 4.69) is 15.3 Å². The molecule has 1 heterocycles. The molecule has 0 aliphatic rings. The molecule has 84 valence electrons. The standard InChI is InChI=1S/C9H12F3N3/c1-13-7(3-4-9(10,11)12)8-14-5-2-6-15-8/h2,5-7,13H,3-4H2,1H3. The summed E-state index contributed by atoms with van der Waals surface area (Å²) in [6.07, 6.45) is -1.99. The van der Waals surface area contributed by atoms with Crippen LogP contribution in [0.1, 0.15) is 24.7 Å². The molecule has 0 aromatic carbocycles. The molecule has 1 unspecified atom stereocenters. The quantitative estimate of drug-likeness (QED) is 0.842. The summed E-state index contributed by atoms with van der Waals surface area (Å²) in [5, 5.41) is 2.77. The zero-order valence-electron chi connectivity index (χ0n) is 8.25. The number of hydrogen-bond donors (Lipinski definition) is 1. The van der Waals surface area contributed by atoms with Crippen molar-refractivity contribution < 1.29 is 13.2 Å². The van der Waals surface area contributed by atoms with Crippen LogP contribution < -0.4 is 5.32 Å². The van der Waals surface area contributed by atoms with E-state index in [1.165, 1.54) is 12.4 Å². The Morgan fingerprint density at radius 2 is 1.93 bits per heavy atom. The van der Waals surface area contributed by atoms with E-state index in [4.69, 9.17) is 0 Å². The molecule has 6 heteroatoms. The molecule has 0 aliphatic carbocycles. The molecule has 15 heavy (non-hydrogen) atoms. The first-order valence-electron chi connectivity index (χ1n) is 4.54. The molecule has 1 aromatic rings. The molecule has 1 N–H and O–H groups in total. The molecule has 0 radical (unpaired) electrons. The lowest BCUT2D eigenvalue weighted by Gasteiger charge is -2.15. The van der Waals surface area contributed by atoms with E-state index < -0.39 is 18.6 Å². The number of aromatic nitrogens is 2. The molecular weight excluding hydrogens is 207 g/mol. The van der Waals surface area contributed by atoms with Gasteiger partial charge in [-0.3, -0.25) is 0 Å². The Morgan fingerprint density at radius 3 is 2.40 bits per heavy atom. The Kier molecular flexibility index (Phi) is 4.02. The van der Waals surface area contributed by atoms with Gasteiger partial charge in [-0.1, -0.05) is 0 Å². The number of alkyl halides is 3. The first-order chi connectivity index (χ1) is 7.03. The van der Waals surface area contributed by atoms with Gasteiger partial charge in [0.2, 0.25) is 0 Å². The first-order valence-corrected chi connectivity index (χ1v) is 4.54. The van der Waals surface area contributed by atoms with E-state index in [0.29, 0.717) is 5.82 Å². The highest BCUT2D eigenvalue weighted by atomic mass is 19.4. The predicted molar refractivity (Wildman–Crippen MR) is 49.1 cm³/mol. The molecule has 3 nitrogen and oxygen atoms in total. The Morgan fingerprint density at radius 1 is 1.33 bits per heavy atom. The van der Waals surface area contributed by atoms with E-state index >= 15 is 0 Å². The molecule has 0 amide bonds. The number of rotatable bonds is 4. The van der Waals surface area contributed by atoms with E-state index in [1.807, 2.05) is 0 Å². The molecule has 0 saturated heterocycles. The highest BCUT2D eigenvalue weighted by Gasteiger charge is 2.28. The minimum absolute atomic E-state index is 0.0516. The van der Waals surface area contributed by atoms with Crippen molar-refractivity contribution in [2.24, 2.45) is 0 Å². The maximum Gasteiger partial charge on any atom is 0.389 e. The monoisotopic (exact) mass is 219 g/mol. The second kappa shape index (κ2) is 5.06. The Hall–Kier alpha value is -1.17. The van der Waals surface area contributed by atoms with Crippen molar-refractivity contribution >= 4 is 0 Å². The minimum Gasteiger partial charge on any atom is -0.310 e. The Balaban J connectivity index is 2.58. The SMILES string of the molecule is CNC(CCC(F)(F)F)c1ncccn1. The summed E-state index contributed by atoms with van der Waals surface area (Å²) in [5.41, 5.74) is 0. The zero-order valence-corrected chi connectivity index (χ0v) is 8.25. The molecular formula is C9H12F3N3. The molecule has 1 rings (SSSR count). The third-order valence-corrected chi connectivity index (χ3v) is 1.96. The van der Waals surface area contributed by atoms with Crippen molar-refractivity contribution in [2.45, 2.75) is 25.1 Å². The van der Waals surface area contributed by atoms with Crippen LogP contribution in [-0.2, 0) is 0 Å². The van der Waals surface area contributed by atoms with Crippen LogP contribution in [0.4, 0.5) is 13.2 Å². The summed E-state index contributed by atoms with van der Waals surface area (Å²) in [5.74, 6) is 0.393. The fourth-order valence-electron chi connectivity index (χ4n) is 1.20. The first kappa shape index (κ1) is 11.9. The van der Waals surface area contributed by atoms with Gasteiger partial charge in [-0.15, -0.1) is 0 Å². The lowest BCUT2D eigenvalue weighted by atomic mass is 10.1. The highest BCUT2D eigenvalue weighted by molar-refractivity contribution is 4.95. The summed E-state index contributed by atoms with van der Waals surface area (Å²) >= 11 is 0. The number of nitrogens with zero attached hydrogens (tertiary/aromatic N) is 2. The van der Waals surface area contributed by atoms with E-state index in [-0.39, 0.29) is 6.42 Å². The molecule has 0 aliphatic heterocycles. The average Bonchev–Trinajstić information content (AvgIpc) is 2.19. The second-order valence-electron chi connectivity index (χ2n) is 3.10. The third-order valence-electron chi connectivity index (χ3n) is 1.96. The van der Waals surface area contributed by atoms with E-state index in [0.717, 1.165) is 0 Å². The van der Waals surface area contributed by atoms with Crippen LogP contribution in [0.25, 0.3) is 0 Å². The third kappa shape index (κ3) is 4.24. The number of hydrogen-bond acceptors (Lipinski definition) is 3. The topological polar surface area (TPSA) is 37.8 Å². The molecule has 0 spiro atoms. The molecule has 0 saturated carbocycles. The van der Waals surface area contributed by atoms with Gasteiger partial charge >= 0.3 is 6.18 Å². The van der Waals surface area contributed by atoms with E-state index in [1.54, 1.807) is 13.1 Å². The van der Waals surface area contributed by atoms with Gasteiger partial charge < -0.3 is 5.32 Å². The number of halogens is 3. The van der Waals surface area contributed by atoms with Gasteiger partial charge in [-0.2, -0.15) is 13.2 Å². The van der Waals surface area contributed by atoms with Gasteiger partial charge in [0.1, 0.15) is 5.82 Å². The maximum absolute atomic E-state index is 12.0. The second-order valence-corrected chi connectivity index (χ2v) is 3.10. The summed E-state index contributed by atoms with van der Waals surface area (Å²) < 4.78 is 36.0. The van der Waals surface area contributed by atoms with Gasteiger partial charge in [-0.05, 0) is 19.5 Å². The van der Waals surface area contributed by atoms with Crippen LogP contribution in [0, 0.1) is 0 Å². The molecule has 0 bridgehead atoms. The van der Waals surface area contributed by atoms with Crippen molar-refractivity contribution in [3.05, 3.63) is 24.3 Å². The Bertz CT molecular complexity index is 286.